The lowest BCUT2D eigenvalue weighted by Crippen LogP contribution is -2.48. The third-order valence-electron chi connectivity index (χ3n) is 4.09. The Kier molecular flexibility index (Phi) is 6.06. The number of nitrogens with one attached hydrogen (secondary N) is 1. The summed E-state index contributed by atoms with van der Waals surface area (Å²) in [5.41, 5.74) is 1.32. The van der Waals surface area contributed by atoms with Crippen LogP contribution in [0.5, 0.6) is 0 Å². The van der Waals surface area contributed by atoms with E-state index in [9.17, 15) is 4.79 Å². The van der Waals surface area contributed by atoms with Crippen LogP contribution in [0.4, 0.5) is 0 Å². The van der Waals surface area contributed by atoms with Crippen LogP contribution in [-0.4, -0.2) is 37.0 Å². The summed E-state index contributed by atoms with van der Waals surface area (Å²) in [6.45, 7) is 1.86. The molecule has 2 rings (SSSR count). The monoisotopic (exact) mass is 274 g/mol. The molecule has 1 aliphatic rings. The maximum absolute atomic E-state index is 12.4. The van der Waals surface area contributed by atoms with E-state index >= 15 is 0 Å². The quantitative estimate of drug-likeness (QED) is 0.865. The summed E-state index contributed by atoms with van der Waals surface area (Å²) in [6, 6.07) is 10.8. The molecule has 0 aromatic heterocycles. The van der Waals surface area contributed by atoms with Crippen molar-refractivity contribution in [1.29, 1.82) is 0 Å². The first kappa shape index (κ1) is 15.0. The standard InChI is InChI=1S/C17H26N2O/c1-18-14-16-11-5-6-13-19(16)17(20)12-7-10-15-8-3-2-4-9-15/h2-4,8-9,16,18H,5-7,10-14H2,1H3. The second-order valence-corrected chi connectivity index (χ2v) is 5.63. The molecule has 0 bridgehead atoms. The van der Waals surface area contributed by atoms with Gasteiger partial charge in [-0.2, -0.15) is 0 Å². The number of carbonyl (C=O) groups is 1. The molecule has 0 radical (unpaired) electrons. The highest BCUT2D eigenvalue weighted by molar-refractivity contribution is 5.76. The Hall–Kier alpha value is -1.35. The Morgan fingerprint density at radius 3 is 2.85 bits per heavy atom. The van der Waals surface area contributed by atoms with Crippen LogP contribution in [0.25, 0.3) is 0 Å². The number of aryl methyl sites for hydroxylation is 1. The molecule has 1 saturated heterocycles. The van der Waals surface area contributed by atoms with Crippen molar-refractivity contribution in [2.75, 3.05) is 20.1 Å². The number of carbonyl (C=O) groups excluding carboxylic acids is 1. The van der Waals surface area contributed by atoms with Crippen molar-refractivity contribution in [2.24, 2.45) is 0 Å². The number of likely N-dealkylation sites (tertiary alicyclic amines) is 1. The minimum Gasteiger partial charge on any atom is -0.338 e. The Labute approximate surface area is 122 Å². The molecule has 1 atom stereocenters. The first-order valence-corrected chi connectivity index (χ1v) is 7.79. The van der Waals surface area contributed by atoms with Gasteiger partial charge in [-0.05, 0) is 44.7 Å². The van der Waals surface area contributed by atoms with Gasteiger partial charge in [-0.3, -0.25) is 4.79 Å². The first-order valence-electron chi connectivity index (χ1n) is 7.79. The van der Waals surface area contributed by atoms with Crippen LogP contribution >= 0.6 is 0 Å². The van der Waals surface area contributed by atoms with Crippen molar-refractivity contribution >= 4 is 5.91 Å². The summed E-state index contributed by atoms with van der Waals surface area (Å²) in [6.07, 6.45) is 6.17. The normalized spacial score (nSPS) is 19.1. The fourth-order valence-electron chi connectivity index (χ4n) is 3.01. The van der Waals surface area contributed by atoms with Gasteiger partial charge in [0.2, 0.25) is 5.91 Å². The van der Waals surface area contributed by atoms with E-state index in [0.29, 0.717) is 18.4 Å². The van der Waals surface area contributed by atoms with E-state index in [1.807, 2.05) is 13.1 Å². The van der Waals surface area contributed by atoms with Crippen molar-refractivity contribution in [2.45, 2.75) is 44.6 Å². The van der Waals surface area contributed by atoms with Crippen molar-refractivity contribution in [3.63, 3.8) is 0 Å². The van der Waals surface area contributed by atoms with Crippen LogP contribution in [0.1, 0.15) is 37.7 Å². The summed E-state index contributed by atoms with van der Waals surface area (Å²) in [5.74, 6) is 0.334. The number of hydrogen-bond donors (Lipinski definition) is 1. The van der Waals surface area contributed by atoms with Crippen molar-refractivity contribution in [3.8, 4) is 0 Å². The van der Waals surface area contributed by atoms with Crippen LogP contribution in [0.15, 0.2) is 30.3 Å². The Bertz CT molecular complexity index is 403. The highest BCUT2D eigenvalue weighted by Crippen LogP contribution is 2.18. The fraction of sp³-hybridized carbons (Fsp3) is 0.588. The molecule has 3 nitrogen and oxygen atoms in total. The third-order valence-corrected chi connectivity index (χ3v) is 4.09. The van der Waals surface area contributed by atoms with Crippen LogP contribution in [-0.2, 0) is 11.2 Å². The van der Waals surface area contributed by atoms with E-state index in [1.165, 1.54) is 12.0 Å². The maximum atomic E-state index is 12.4. The number of rotatable bonds is 6. The molecule has 1 aromatic rings. The van der Waals surface area contributed by atoms with Gasteiger partial charge >= 0.3 is 0 Å². The molecule has 1 amide bonds. The van der Waals surface area contributed by atoms with E-state index in [2.05, 4.69) is 34.5 Å². The highest BCUT2D eigenvalue weighted by Gasteiger charge is 2.25. The summed E-state index contributed by atoms with van der Waals surface area (Å²) < 4.78 is 0. The summed E-state index contributed by atoms with van der Waals surface area (Å²) in [4.78, 5) is 14.5. The van der Waals surface area contributed by atoms with Crippen LogP contribution in [0.3, 0.4) is 0 Å². The van der Waals surface area contributed by atoms with Crippen LogP contribution in [0.2, 0.25) is 0 Å². The zero-order chi connectivity index (χ0) is 14.2. The lowest BCUT2D eigenvalue weighted by atomic mass is 10.0. The van der Waals surface area contributed by atoms with Crippen LogP contribution < -0.4 is 5.32 Å². The fourth-order valence-corrected chi connectivity index (χ4v) is 3.01. The van der Waals surface area contributed by atoms with Crippen LogP contribution in [0, 0.1) is 0 Å². The minimum atomic E-state index is 0.334. The van der Waals surface area contributed by atoms with Gasteiger partial charge in [0, 0.05) is 25.6 Å². The average Bonchev–Trinajstić information content (AvgIpc) is 2.49. The lowest BCUT2D eigenvalue weighted by molar-refractivity contribution is -0.134. The number of nitrogens with zero attached hydrogens (tertiary/aromatic N) is 1. The molecule has 20 heavy (non-hydrogen) atoms. The summed E-state index contributed by atoms with van der Waals surface area (Å²) >= 11 is 0. The van der Waals surface area contributed by atoms with E-state index in [0.717, 1.165) is 38.8 Å². The maximum Gasteiger partial charge on any atom is 0.222 e. The molecule has 1 aliphatic heterocycles. The minimum absolute atomic E-state index is 0.334. The topological polar surface area (TPSA) is 32.3 Å². The molecule has 3 heteroatoms. The smallest absolute Gasteiger partial charge is 0.222 e. The second-order valence-electron chi connectivity index (χ2n) is 5.63. The van der Waals surface area contributed by atoms with Gasteiger partial charge in [0.05, 0.1) is 0 Å². The summed E-state index contributed by atoms with van der Waals surface area (Å²) in [5, 5.41) is 3.21. The molecule has 0 saturated carbocycles. The molecular weight excluding hydrogens is 248 g/mol. The van der Waals surface area contributed by atoms with Gasteiger partial charge in [0.15, 0.2) is 0 Å². The van der Waals surface area contributed by atoms with E-state index in [1.54, 1.807) is 0 Å². The largest absolute Gasteiger partial charge is 0.338 e. The Balaban J connectivity index is 1.78. The number of hydrogen-bond acceptors (Lipinski definition) is 2. The van der Waals surface area contributed by atoms with Crippen molar-refractivity contribution in [1.82, 2.24) is 10.2 Å². The Morgan fingerprint density at radius 2 is 2.10 bits per heavy atom. The van der Waals surface area contributed by atoms with E-state index in [4.69, 9.17) is 0 Å². The van der Waals surface area contributed by atoms with Gasteiger partial charge < -0.3 is 10.2 Å². The molecule has 1 aromatic carbocycles. The van der Waals surface area contributed by atoms with Gasteiger partial charge in [-0.25, -0.2) is 0 Å². The van der Waals surface area contributed by atoms with Gasteiger partial charge in [0.1, 0.15) is 0 Å². The molecule has 1 N–H and O–H groups in total. The molecule has 0 spiro atoms. The van der Waals surface area contributed by atoms with Crippen molar-refractivity contribution < 1.29 is 4.79 Å². The SMILES string of the molecule is CNCC1CCCCN1C(=O)CCCc1ccccc1. The van der Waals surface area contributed by atoms with E-state index < -0.39 is 0 Å². The zero-order valence-corrected chi connectivity index (χ0v) is 12.5. The van der Waals surface area contributed by atoms with Crippen molar-refractivity contribution in [3.05, 3.63) is 35.9 Å². The third kappa shape index (κ3) is 4.34. The molecular formula is C17H26N2O. The number of piperidine rings is 1. The number of amides is 1. The predicted molar refractivity (Wildman–Crippen MR) is 82.7 cm³/mol. The van der Waals surface area contributed by atoms with E-state index in [-0.39, 0.29) is 0 Å². The zero-order valence-electron chi connectivity index (χ0n) is 12.5. The predicted octanol–water partition coefficient (Wildman–Crippen LogP) is 2.61. The Morgan fingerprint density at radius 1 is 1.30 bits per heavy atom. The average molecular weight is 274 g/mol. The first-order chi connectivity index (χ1) is 9.81. The number of benzene rings is 1. The lowest BCUT2D eigenvalue weighted by Gasteiger charge is -2.36. The highest BCUT2D eigenvalue weighted by atomic mass is 16.2. The van der Waals surface area contributed by atoms with Gasteiger partial charge in [-0.15, -0.1) is 0 Å². The second kappa shape index (κ2) is 8.05. The molecule has 110 valence electrons. The van der Waals surface area contributed by atoms with Gasteiger partial charge in [-0.1, -0.05) is 30.3 Å². The number of likely N-dealkylation sites (N-methyl/N-ethyl adjacent to an activating group) is 1. The summed E-state index contributed by atoms with van der Waals surface area (Å²) in [7, 11) is 1.96. The van der Waals surface area contributed by atoms with Gasteiger partial charge in [0.25, 0.3) is 0 Å². The molecule has 1 heterocycles. The molecule has 1 fully saturated rings. The molecule has 1 unspecified atom stereocenters. The molecule has 0 aliphatic carbocycles.